The SMILES string of the molecule is CCCCCCCCCCOc1ccc(C#Cc2ccc(-n3ccc(=O)cc3)cc2)cc1. The van der Waals surface area contributed by atoms with Crippen molar-refractivity contribution in [2.45, 2.75) is 58.3 Å². The fourth-order valence-electron chi connectivity index (χ4n) is 3.51. The first kappa shape index (κ1) is 23.4. The number of ether oxygens (including phenoxy) is 1. The van der Waals surface area contributed by atoms with Crippen LogP contribution in [-0.2, 0) is 0 Å². The Morgan fingerprint density at radius 3 is 1.81 bits per heavy atom. The quantitative estimate of drug-likeness (QED) is 0.250. The highest BCUT2D eigenvalue weighted by Crippen LogP contribution is 2.14. The largest absolute Gasteiger partial charge is 0.494 e. The maximum Gasteiger partial charge on any atom is 0.181 e. The molecule has 0 aliphatic heterocycles. The first-order chi connectivity index (χ1) is 15.7. The van der Waals surface area contributed by atoms with Crippen LogP contribution in [0.4, 0.5) is 0 Å². The van der Waals surface area contributed by atoms with Gasteiger partial charge in [0, 0.05) is 41.3 Å². The Labute approximate surface area is 192 Å². The van der Waals surface area contributed by atoms with Crippen molar-refractivity contribution >= 4 is 0 Å². The van der Waals surface area contributed by atoms with Crippen LogP contribution in [0.1, 0.15) is 69.4 Å². The van der Waals surface area contributed by atoms with Gasteiger partial charge in [0.1, 0.15) is 5.75 Å². The van der Waals surface area contributed by atoms with Crippen LogP contribution in [0.5, 0.6) is 5.75 Å². The Bertz CT molecular complexity index is 1030. The summed E-state index contributed by atoms with van der Waals surface area (Å²) >= 11 is 0. The van der Waals surface area contributed by atoms with Crippen molar-refractivity contribution < 1.29 is 4.74 Å². The molecule has 1 heterocycles. The number of aromatic nitrogens is 1. The Balaban J connectivity index is 1.41. The molecule has 0 atom stereocenters. The molecule has 0 bridgehead atoms. The molecule has 0 N–H and O–H groups in total. The van der Waals surface area contributed by atoms with Gasteiger partial charge in [0.25, 0.3) is 0 Å². The molecular formula is C29H33NO2. The van der Waals surface area contributed by atoms with Gasteiger partial charge in [-0.05, 0) is 55.0 Å². The third kappa shape index (κ3) is 8.12. The van der Waals surface area contributed by atoms with Crippen molar-refractivity contribution in [1.29, 1.82) is 0 Å². The van der Waals surface area contributed by atoms with Gasteiger partial charge >= 0.3 is 0 Å². The first-order valence-corrected chi connectivity index (χ1v) is 11.8. The number of unbranched alkanes of at least 4 members (excludes halogenated alkanes) is 7. The summed E-state index contributed by atoms with van der Waals surface area (Å²) in [6, 6.07) is 19.1. The maximum absolute atomic E-state index is 11.2. The topological polar surface area (TPSA) is 31.2 Å². The van der Waals surface area contributed by atoms with E-state index in [-0.39, 0.29) is 5.43 Å². The maximum atomic E-state index is 11.2. The van der Waals surface area contributed by atoms with Crippen LogP contribution < -0.4 is 10.2 Å². The van der Waals surface area contributed by atoms with Gasteiger partial charge in [-0.3, -0.25) is 4.79 Å². The minimum atomic E-state index is 0.00771. The summed E-state index contributed by atoms with van der Waals surface area (Å²) in [7, 11) is 0. The van der Waals surface area contributed by atoms with Crippen molar-refractivity contribution in [3.8, 4) is 23.3 Å². The molecular weight excluding hydrogens is 394 g/mol. The van der Waals surface area contributed by atoms with Crippen LogP contribution in [0, 0.1) is 11.8 Å². The molecule has 2 aromatic carbocycles. The summed E-state index contributed by atoms with van der Waals surface area (Å²) in [4.78, 5) is 11.2. The Morgan fingerprint density at radius 1 is 0.688 bits per heavy atom. The smallest absolute Gasteiger partial charge is 0.181 e. The van der Waals surface area contributed by atoms with E-state index in [2.05, 4.69) is 18.8 Å². The van der Waals surface area contributed by atoms with Crippen LogP contribution in [0.25, 0.3) is 5.69 Å². The molecule has 3 nitrogen and oxygen atoms in total. The zero-order chi connectivity index (χ0) is 22.4. The molecule has 32 heavy (non-hydrogen) atoms. The Kier molecular flexibility index (Phi) is 9.68. The minimum absolute atomic E-state index is 0.00771. The number of pyridine rings is 1. The molecule has 0 amide bonds. The highest BCUT2D eigenvalue weighted by Gasteiger charge is 1.97. The van der Waals surface area contributed by atoms with Crippen molar-refractivity contribution in [1.82, 2.24) is 4.57 Å². The molecule has 3 aromatic rings. The predicted octanol–water partition coefficient (Wildman–Crippen LogP) is 6.76. The monoisotopic (exact) mass is 427 g/mol. The third-order valence-corrected chi connectivity index (χ3v) is 5.44. The Morgan fingerprint density at radius 2 is 1.22 bits per heavy atom. The van der Waals surface area contributed by atoms with E-state index < -0.39 is 0 Å². The average molecular weight is 428 g/mol. The number of rotatable bonds is 11. The van der Waals surface area contributed by atoms with Crippen LogP contribution in [0.2, 0.25) is 0 Å². The number of hydrogen-bond donors (Lipinski definition) is 0. The first-order valence-electron chi connectivity index (χ1n) is 11.8. The van der Waals surface area contributed by atoms with Gasteiger partial charge in [-0.2, -0.15) is 0 Å². The second-order valence-corrected chi connectivity index (χ2v) is 8.09. The van der Waals surface area contributed by atoms with Crippen molar-refractivity contribution in [2.24, 2.45) is 0 Å². The summed E-state index contributed by atoms with van der Waals surface area (Å²) in [6.45, 7) is 3.04. The van der Waals surface area contributed by atoms with E-state index in [1.807, 2.05) is 53.1 Å². The van der Waals surface area contributed by atoms with Gasteiger partial charge in [0.2, 0.25) is 0 Å². The lowest BCUT2D eigenvalue weighted by Gasteiger charge is -2.06. The molecule has 0 saturated heterocycles. The molecule has 0 aliphatic rings. The summed E-state index contributed by atoms with van der Waals surface area (Å²) in [5, 5.41) is 0. The number of nitrogens with zero attached hydrogens (tertiary/aromatic N) is 1. The molecule has 0 aliphatic carbocycles. The molecule has 0 saturated carbocycles. The highest BCUT2D eigenvalue weighted by atomic mass is 16.5. The second kappa shape index (κ2) is 13.2. The minimum Gasteiger partial charge on any atom is -0.494 e. The Hall–Kier alpha value is -3.25. The van der Waals surface area contributed by atoms with Gasteiger partial charge in [-0.15, -0.1) is 0 Å². The van der Waals surface area contributed by atoms with Crippen LogP contribution >= 0.6 is 0 Å². The van der Waals surface area contributed by atoms with Gasteiger partial charge in [0.05, 0.1) is 6.61 Å². The third-order valence-electron chi connectivity index (χ3n) is 5.44. The lowest BCUT2D eigenvalue weighted by molar-refractivity contribution is 0.304. The number of hydrogen-bond acceptors (Lipinski definition) is 2. The molecule has 1 aromatic heterocycles. The molecule has 0 fully saturated rings. The van der Waals surface area contributed by atoms with Gasteiger partial charge in [0.15, 0.2) is 5.43 Å². The molecule has 166 valence electrons. The van der Waals surface area contributed by atoms with Crippen molar-refractivity contribution in [2.75, 3.05) is 6.61 Å². The highest BCUT2D eigenvalue weighted by molar-refractivity contribution is 5.46. The molecule has 0 unspecified atom stereocenters. The van der Waals surface area contributed by atoms with Gasteiger partial charge < -0.3 is 9.30 Å². The van der Waals surface area contributed by atoms with E-state index in [0.717, 1.165) is 35.6 Å². The van der Waals surface area contributed by atoms with E-state index in [4.69, 9.17) is 4.74 Å². The van der Waals surface area contributed by atoms with E-state index in [0.29, 0.717) is 0 Å². The molecule has 0 radical (unpaired) electrons. The average Bonchev–Trinajstić information content (AvgIpc) is 2.83. The fraction of sp³-hybridized carbons (Fsp3) is 0.345. The van der Waals surface area contributed by atoms with Gasteiger partial charge in [-0.25, -0.2) is 0 Å². The summed E-state index contributed by atoms with van der Waals surface area (Å²) in [6.07, 6.45) is 14.0. The van der Waals surface area contributed by atoms with Crippen LogP contribution in [0.15, 0.2) is 77.9 Å². The van der Waals surface area contributed by atoms with Crippen LogP contribution in [0.3, 0.4) is 0 Å². The molecule has 0 spiro atoms. The van der Waals surface area contributed by atoms with E-state index in [1.165, 1.54) is 44.9 Å². The summed E-state index contributed by atoms with van der Waals surface area (Å²) < 4.78 is 7.77. The molecule has 3 heteroatoms. The predicted molar refractivity (Wildman–Crippen MR) is 133 cm³/mol. The summed E-state index contributed by atoms with van der Waals surface area (Å²) in [5.41, 5.74) is 2.92. The normalized spacial score (nSPS) is 10.4. The molecule has 3 rings (SSSR count). The lowest BCUT2D eigenvalue weighted by atomic mass is 10.1. The lowest BCUT2D eigenvalue weighted by Crippen LogP contribution is -2.01. The standard InChI is InChI=1S/C29H33NO2/c1-2-3-4-5-6-7-8-9-24-32-29-18-14-26(15-19-29)11-10-25-12-16-27(17-13-25)30-22-20-28(31)21-23-30/h12-23H,2-9,24H2,1H3. The van der Waals surface area contributed by atoms with E-state index >= 15 is 0 Å². The van der Waals surface area contributed by atoms with E-state index in [9.17, 15) is 4.79 Å². The fourth-order valence-corrected chi connectivity index (χ4v) is 3.51. The van der Waals surface area contributed by atoms with Gasteiger partial charge in [-0.1, -0.05) is 63.7 Å². The summed E-state index contributed by atoms with van der Waals surface area (Å²) in [5.74, 6) is 7.32. The zero-order valence-electron chi connectivity index (χ0n) is 19.1. The van der Waals surface area contributed by atoms with Crippen molar-refractivity contribution in [3.05, 3.63) is 94.4 Å². The zero-order valence-corrected chi connectivity index (χ0v) is 19.1. The van der Waals surface area contributed by atoms with E-state index in [1.54, 1.807) is 24.5 Å². The van der Waals surface area contributed by atoms with Crippen LogP contribution in [-0.4, -0.2) is 11.2 Å². The second-order valence-electron chi connectivity index (χ2n) is 8.09. The van der Waals surface area contributed by atoms with Crippen molar-refractivity contribution in [3.63, 3.8) is 0 Å². The number of benzene rings is 2.